The van der Waals surface area contributed by atoms with Crippen LogP contribution in [-0.4, -0.2) is 24.0 Å². The van der Waals surface area contributed by atoms with E-state index < -0.39 is 0 Å². The highest BCUT2D eigenvalue weighted by molar-refractivity contribution is 5.93. The molecule has 0 spiro atoms. The van der Waals surface area contributed by atoms with Crippen LogP contribution < -0.4 is 11.1 Å². The monoisotopic (exact) mass is 205 g/mol. The van der Waals surface area contributed by atoms with E-state index in [1.807, 2.05) is 0 Å². The minimum Gasteiger partial charge on any atom is -0.355 e. The van der Waals surface area contributed by atoms with Crippen molar-refractivity contribution < 1.29 is 4.79 Å². The molecule has 0 aliphatic carbocycles. The summed E-state index contributed by atoms with van der Waals surface area (Å²) in [5.41, 5.74) is 7.10. The van der Waals surface area contributed by atoms with Crippen molar-refractivity contribution in [1.29, 1.82) is 0 Å². The van der Waals surface area contributed by atoms with Gasteiger partial charge in [0.15, 0.2) is 0 Å². The molecule has 0 radical (unpaired) electrons. The summed E-state index contributed by atoms with van der Waals surface area (Å²) in [5.74, 6) is -0.137. The fourth-order valence-electron chi connectivity index (χ4n) is 1.15. The number of nitrogens with two attached hydrogens (primary N) is 1. The van der Waals surface area contributed by atoms with Gasteiger partial charge >= 0.3 is 0 Å². The molecule has 1 atom stereocenters. The molecular weight excluding hydrogens is 190 g/mol. The molecule has 4 nitrogen and oxygen atoms in total. The van der Waals surface area contributed by atoms with E-state index in [-0.39, 0.29) is 11.9 Å². The van der Waals surface area contributed by atoms with Crippen LogP contribution in [0.4, 0.5) is 0 Å². The predicted molar refractivity (Wildman–Crippen MR) is 59.5 cm³/mol. The van der Waals surface area contributed by atoms with Crippen molar-refractivity contribution in [2.45, 2.75) is 12.5 Å². The Balaban J connectivity index is 2.72. The molecule has 0 saturated carbocycles. The van der Waals surface area contributed by atoms with E-state index in [1.54, 1.807) is 31.5 Å². The average Bonchev–Trinajstić information content (AvgIpc) is 2.29. The lowest BCUT2D eigenvalue weighted by Crippen LogP contribution is -2.21. The summed E-state index contributed by atoms with van der Waals surface area (Å²) < 4.78 is 0. The number of nitrogens with one attached hydrogen (secondary N) is 1. The van der Waals surface area contributed by atoms with Crippen LogP contribution in [0.15, 0.2) is 31.0 Å². The van der Waals surface area contributed by atoms with Crippen LogP contribution >= 0.6 is 0 Å². The second-order valence-electron chi connectivity index (χ2n) is 3.22. The number of nitrogens with zero attached hydrogens (tertiary/aromatic N) is 1. The first-order valence-electron chi connectivity index (χ1n) is 4.72. The van der Waals surface area contributed by atoms with Crippen molar-refractivity contribution in [2.75, 3.05) is 7.05 Å². The van der Waals surface area contributed by atoms with E-state index in [4.69, 9.17) is 5.73 Å². The number of carbonyl (C=O) groups is 1. The highest BCUT2D eigenvalue weighted by Gasteiger charge is 2.04. The quantitative estimate of drug-likeness (QED) is 0.703. The van der Waals surface area contributed by atoms with Gasteiger partial charge in [-0.05, 0) is 12.1 Å². The number of pyridine rings is 1. The fraction of sp³-hybridized carbons (Fsp3) is 0.273. The van der Waals surface area contributed by atoms with E-state index in [9.17, 15) is 4.79 Å². The highest BCUT2D eigenvalue weighted by Crippen LogP contribution is 2.02. The van der Waals surface area contributed by atoms with Gasteiger partial charge in [-0.3, -0.25) is 9.78 Å². The summed E-state index contributed by atoms with van der Waals surface area (Å²) in [6.07, 6.45) is 3.86. The lowest BCUT2D eigenvalue weighted by molar-refractivity contribution is 0.0962. The van der Waals surface area contributed by atoms with Crippen molar-refractivity contribution in [2.24, 2.45) is 5.73 Å². The standard InChI is InChI=1S/C11H15N3O/c1-3-9(12)6-10-5-4-8(7-14-10)11(15)13-2/h3-5,7,9H,1,6,12H2,2H3,(H,13,15). The Morgan fingerprint density at radius 1 is 1.73 bits per heavy atom. The van der Waals surface area contributed by atoms with Crippen LogP contribution in [0.25, 0.3) is 0 Å². The zero-order valence-corrected chi connectivity index (χ0v) is 8.73. The molecule has 1 aromatic rings. The summed E-state index contributed by atoms with van der Waals surface area (Å²) in [7, 11) is 1.59. The van der Waals surface area contributed by atoms with Crippen molar-refractivity contribution in [3.05, 3.63) is 42.2 Å². The Kier molecular flexibility index (Phi) is 4.00. The third-order valence-corrected chi connectivity index (χ3v) is 2.06. The Labute approximate surface area is 89.2 Å². The van der Waals surface area contributed by atoms with Crippen molar-refractivity contribution >= 4 is 5.91 Å². The first-order chi connectivity index (χ1) is 7.17. The second-order valence-corrected chi connectivity index (χ2v) is 3.22. The van der Waals surface area contributed by atoms with Crippen LogP contribution in [0.5, 0.6) is 0 Å². The minimum atomic E-state index is -0.137. The maximum absolute atomic E-state index is 11.2. The number of rotatable bonds is 4. The molecule has 1 heterocycles. The lowest BCUT2D eigenvalue weighted by atomic mass is 10.1. The molecule has 0 aromatic carbocycles. The summed E-state index contributed by atoms with van der Waals surface area (Å²) >= 11 is 0. The molecular formula is C11H15N3O. The van der Waals surface area contributed by atoms with Crippen molar-refractivity contribution in [3.63, 3.8) is 0 Å². The van der Waals surface area contributed by atoms with E-state index in [1.165, 1.54) is 0 Å². The zero-order chi connectivity index (χ0) is 11.3. The topological polar surface area (TPSA) is 68.0 Å². The maximum atomic E-state index is 11.2. The summed E-state index contributed by atoms with van der Waals surface area (Å²) in [6, 6.07) is 3.44. The van der Waals surface area contributed by atoms with Gasteiger partial charge in [-0.15, -0.1) is 6.58 Å². The molecule has 3 N–H and O–H groups in total. The van der Waals surface area contributed by atoms with E-state index >= 15 is 0 Å². The number of aromatic nitrogens is 1. The highest BCUT2D eigenvalue weighted by atomic mass is 16.1. The first kappa shape index (κ1) is 11.4. The fourth-order valence-corrected chi connectivity index (χ4v) is 1.15. The van der Waals surface area contributed by atoms with Crippen LogP contribution in [0.2, 0.25) is 0 Å². The maximum Gasteiger partial charge on any atom is 0.252 e. The Bertz CT molecular complexity index is 345. The molecule has 1 aromatic heterocycles. The van der Waals surface area contributed by atoms with Gasteiger partial charge < -0.3 is 11.1 Å². The third-order valence-electron chi connectivity index (χ3n) is 2.06. The summed E-state index contributed by atoms with van der Waals surface area (Å²) in [5, 5.41) is 2.53. The normalized spacial score (nSPS) is 11.9. The van der Waals surface area contributed by atoms with E-state index in [0.29, 0.717) is 12.0 Å². The lowest BCUT2D eigenvalue weighted by Gasteiger charge is -2.05. The zero-order valence-electron chi connectivity index (χ0n) is 8.73. The number of hydrogen-bond donors (Lipinski definition) is 2. The summed E-state index contributed by atoms with van der Waals surface area (Å²) in [6.45, 7) is 3.60. The molecule has 0 aliphatic rings. The van der Waals surface area contributed by atoms with Gasteiger partial charge in [0.05, 0.1) is 5.56 Å². The van der Waals surface area contributed by atoms with Gasteiger partial charge in [0, 0.05) is 31.4 Å². The Morgan fingerprint density at radius 3 is 2.93 bits per heavy atom. The van der Waals surface area contributed by atoms with Crippen LogP contribution in [-0.2, 0) is 6.42 Å². The van der Waals surface area contributed by atoms with Crippen LogP contribution in [0.3, 0.4) is 0 Å². The molecule has 1 amide bonds. The number of hydrogen-bond acceptors (Lipinski definition) is 3. The van der Waals surface area contributed by atoms with Gasteiger partial charge in [-0.1, -0.05) is 6.08 Å². The van der Waals surface area contributed by atoms with Crippen molar-refractivity contribution in [1.82, 2.24) is 10.3 Å². The Hall–Kier alpha value is -1.68. The van der Waals surface area contributed by atoms with Gasteiger partial charge in [0.25, 0.3) is 5.91 Å². The smallest absolute Gasteiger partial charge is 0.252 e. The third kappa shape index (κ3) is 3.18. The molecule has 1 unspecified atom stereocenters. The molecule has 1 rings (SSSR count). The minimum absolute atomic E-state index is 0.0941. The number of carbonyl (C=O) groups excluding carboxylic acids is 1. The van der Waals surface area contributed by atoms with Crippen molar-refractivity contribution in [3.8, 4) is 0 Å². The van der Waals surface area contributed by atoms with Gasteiger partial charge in [-0.25, -0.2) is 0 Å². The number of amides is 1. The molecule has 0 saturated heterocycles. The molecule has 15 heavy (non-hydrogen) atoms. The Morgan fingerprint density at radius 2 is 2.47 bits per heavy atom. The molecule has 80 valence electrons. The summed E-state index contributed by atoms with van der Waals surface area (Å²) in [4.78, 5) is 15.4. The molecule has 4 heteroatoms. The second kappa shape index (κ2) is 5.26. The molecule has 0 bridgehead atoms. The molecule has 0 aliphatic heterocycles. The van der Waals surface area contributed by atoms with Crippen LogP contribution in [0, 0.1) is 0 Å². The van der Waals surface area contributed by atoms with Gasteiger partial charge in [-0.2, -0.15) is 0 Å². The van der Waals surface area contributed by atoms with Gasteiger partial charge in [0.2, 0.25) is 0 Å². The molecule has 0 fully saturated rings. The van der Waals surface area contributed by atoms with E-state index in [0.717, 1.165) is 5.69 Å². The largest absolute Gasteiger partial charge is 0.355 e. The first-order valence-corrected chi connectivity index (χ1v) is 4.72. The van der Waals surface area contributed by atoms with E-state index in [2.05, 4.69) is 16.9 Å². The SMILES string of the molecule is C=CC(N)Cc1ccc(C(=O)NC)cn1. The van der Waals surface area contributed by atoms with Crippen LogP contribution in [0.1, 0.15) is 16.1 Å². The predicted octanol–water partition coefficient (Wildman–Crippen LogP) is 0.497. The average molecular weight is 205 g/mol. The van der Waals surface area contributed by atoms with Gasteiger partial charge in [0.1, 0.15) is 0 Å².